The molecule has 0 spiro atoms. The molecule has 10 heteroatoms. The number of pyridine rings is 1. The molecule has 2 heterocycles. The van der Waals surface area contributed by atoms with Crippen LogP contribution in [0.3, 0.4) is 0 Å². The van der Waals surface area contributed by atoms with E-state index < -0.39 is 40.3 Å². The summed E-state index contributed by atoms with van der Waals surface area (Å²) in [5.41, 5.74) is -3.94. The van der Waals surface area contributed by atoms with Crippen molar-refractivity contribution in [2.24, 2.45) is 0 Å². The summed E-state index contributed by atoms with van der Waals surface area (Å²) in [5.74, 6) is -1.41. The highest BCUT2D eigenvalue weighted by molar-refractivity contribution is 5.86. The number of nitrogens with one attached hydrogen (secondary N) is 1. The van der Waals surface area contributed by atoms with E-state index in [1.807, 2.05) is 0 Å². The van der Waals surface area contributed by atoms with Gasteiger partial charge in [0.05, 0.1) is 12.2 Å². The van der Waals surface area contributed by atoms with E-state index in [2.05, 4.69) is 14.8 Å². The third-order valence-electron chi connectivity index (χ3n) is 2.51. The lowest BCUT2D eigenvalue weighted by atomic mass is 10.1. The molecular formula is C11H7F3N4O3. The van der Waals surface area contributed by atoms with Crippen molar-refractivity contribution in [1.29, 1.82) is 5.26 Å². The number of aromatic amines is 1. The monoisotopic (exact) mass is 300 g/mol. The summed E-state index contributed by atoms with van der Waals surface area (Å²) in [4.78, 5) is 26.7. The minimum absolute atomic E-state index is 0.0175. The van der Waals surface area contributed by atoms with E-state index in [1.54, 1.807) is 0 Å². The Morgan fingerprint density at radius 3 is 2.76 bits per heavy atom. The zero-order valence-corrected chi connectivity index (χ0v) is 10.5. The first-order valence-corrected chi connectivity index (χ1v) is 5.59. The number of ether oxygens (including phenoxy) is 1. The molecule has 0 aliphatic heterocycles. The van der Waals surface area contributed by atoms with Gasteiger partial charge in [-0.2, -0.15) is 22.9 Å². The molecule has 7 nitrogen and oxygen atoms in total. The van der Waals surface area contributed by atoms with Gasteiger partial charge in [0.1, 0.15) is 11.6 Å². The summed E-state index contributed by atoms with van der Waals surface area (Å²) in [6.45, 7) is 1.54. The second-order valence-corrected chi connectivity index (χ2v) is 3.83. The number of carbonyl (C=O) groups is 1. The summed E-state index contributed by atoms with van der Waals surface area (Å²) in [7, 11) is 0. The van der Waals surface area contributed by atoms with Crippen LogP contribution in [-0.4, -0.2) is 27.2 Å². The van der Waals surface area contributed by atoms with Crippen LogP contribution in [-0.2, 0) is 10.9 Å². The lowest BCUT2D eigenvalue weighted by molar-refractivity contribution is -0.137. The number of esters is 1. The van der Waals surface area contributed by atoms with Crippen LogP contribution in [0.1, 0.15) is 28.7 Å². The Morgan fingerprint density at radius 2 is 2.24 bits per heavy atom. The molecule has 1 N–H and O–H groups in total. The zero-order valence-electron chi connectivity index (χ0n) is 10.5. The number of nitrogens with zero attached hydrogens (tertiary/aromatic N) is 3. The summed E-state index contributed by atoms with van der Waals surface area (Å²) in [5, 5.41) is 11.1. The van der Waals surface area contributed by atoms with Crippen LogP contribution >= 0.6 is 0 Å². The fourth-order valence-corrected chi connectivity index (χ4v) is 1.67. The highest BCUT2D eigenvalue weighted by Crippen LogP contribution is 2.31. The first kappa shape index (κ1) is 14.6. The zero-order chi connectivity index (χ0) is 15.8. The highest BCUT2D eigenvalue weighted by atomic mass is 19.4. The first-order chi connectivity index (χ1) is 9.79. The van der Waals surface area contributed by atoms with E-state index in [1.165, 1.54) is 13.0 Å². The van der Waals surface area contributed by atoms with Gasteiger partial charge in [-0.15, -0.1) is 0 Å². The van der Waals surface area contributed by atoms with Crippen molar-refractivity contribution in [2.45, 2.75) is 13.1 Å². The number of alkyl halides is 3. The minimum atomic E-state index is -4.89. The normalized spacial score (nSPS) is 11.4. The van der Waals surface area contributed by atoms with Crippen LogP contribution < -0.4 is 5.56 Å². The fourth-order valence-electron chi connectivity index (χ4n) is 1.67. The van der Waals surface area contributed by atoms with E-state index in [0.29, 0.717) is 4.52 Å². The van der Waals surface area contributed by atoms with Gasteiger partial charge >= 0.3 is 12.1 Å². The molecule has 110 valence electrons. The van der Waals surface area contributed by atoms with Crippen molar-refractivity contribution in [1.82, 2.24) is 14.6 Å². The third kappa shape index (κ3) is 2.45. The second kappa shape index (κ2) is 4.93. The maximum atomic E-state index is 12.8. The Hall–Kier alpha value is -2.83. The molecule has 21 heavy (non-hydrogen) atoms. The van der Waals surface area contributed by atoms with Gasteiger partial charge in [-0.25, -0.2) is 9.78 Å². The van der Waals surface area contributed by atoms with Crippen molar-refractivity contribution < 1.29 is 22.7 Å². The van der Waals surface area contributed by atoms with Crippen LogP contribution in [0.25, 0.3) is 5.65 Å². The van der Waals surface area contributed by atoms with Gasteiger partial charge in [0.2, 0.25) is 5.82 Å². The van der Waals surface area contributed by atoms with E-state index in [9.17, 15) is 22.8 Å². The van der Waals surface area contributed by atoms with Crippen LogP contribution in [0.4, 0.5) is 13.2 Å². The Kier molecular flexibility index (Phi) is 3.42. The number of carbonyl (C=O) groups excluding carboxylic acids is 1. The van der Waals surface area contributed by atoms with Gasteiger partial charge < -0.3 is 4.74 Å². The van der Waals surface area contributed by atoms with Gasteiger partial charge in [0.25, 0.3) is 5.56 Å². The molecule has 0 amide bonds. The Bertz CT molecular complexity index is 813. The lowest BCUT2D eigenvalue weighted by Gasteiger charge is -2.07. The maximum absolute atomic E-state index is 12.8. The summed E-state index contributed by atoms with van der Waals surface area (Å²) < 4.78 is 43.6. The van der Waals surface area contributed by atoms with E-state index >= 15 is 0 Å². The molecule has 0 atom stereocenters. The average Bonchev–Trinajstić information content (AvgIpc) is 2.83. The van der Waals surface area contributed by atoms with Crippen molar-refractivity contribution in [3.63, 3.8) is 0 Å². The van der Waals surface area contributed by atoms with E-state index in [4.69, 9.17) is 5.26 Å². The molecule has 2 aromatic heterocycles. The SMILES string of the molecule is CCOC(=O)c1nc2c(C#N)c(C(F)(F)F)cc(=O)n2[nH]1. The number of hydrogen-bond donors (Lipinski definition) is 1. The number of halogens is 3. The van der Waals surface area contributed by atoms with Crippen LogP contribution in [0.15, 0.2) is 10.9 Å². The average molecular weight is 300 g/mol. The third-order valence-corrected chi connectivity index (χ3v) is 2.51. The number of nitriles is 1. The van der Waals surface area contributed by atoms with Crippen molar-refractivity contribution in [3.8, 4) is 6.07 Å². The predicted molar refractivity (Wildman–Crippen MR) is 61.5 cm³/mol. The topological polar surface area (TPSA) is 100 Å². The number of hydrogen-bond acceptors (Lipinski definition) is 5. The number of rotatable bonds is 2. The molecular weight excluding hydrogens is 293 g/mol. The van der Waals surface area contributed by atoms with Crippen molar-refractivity contribution in [3.05, 3.63) is 33.4 Å². The quantitative estimate of drug-likeness (QED) is 0.837. The molecule has 0 aliphatic carbocycles. The largest absolute Gasteiger partial charge is 0.460 e. The summed E-state index contributed by atoms with van der Waals surface area (Å²) in [6.07, 6.45) is -4.89. The van der Waals surface area contributed by atoms with Crippen molar-refractivity contribution >= 4 is 11.6 Å². The van der Waals surface area contributed by atoms with E-state index in [0.717, 1.165) is 0 Å². The Balaban J connectivity index is 2.78. The van der Waals surface area contributed by atoms with Gasteiger partial charge in [-0.1, -0.05) is 0 Å². The van der Waals surface area contributed by atoms with E-state index in [-0.39, 0.29) is 12.7 Å². The first-order valence-electron chi connectivity index (χ1n) is 5.59. The van der Waals surface area contributed by atoms with Gasteiger partial charge in [-0.05, 0) is 6.92 Å². The molecule has 0 bridgehead atoms. The molecule has 0 unspecified atom stereocenters. The maximum Gasteiger partial charge on any atom is 0.418 e. The molecule has 0 aromatic carbocycles. The molecule has 2 aromatic rings. The van der Waals surface area contributed by atoms with Crippen LogP contribution in [0.2, 0.25) is 0 Å². The molecule has 0 saturated heterocycles. The fraction of sp³-hybridized carbons (Fsp3) is 0.273. The molecule has 0 aliphatic rings. The number of fused-ring (bicyclic) bond motifs is 1. The number of H-pyrrole nitrogens is 1. The predicted octanol–water partition coefficient (Wildman–Crippen LogP) is 1.09. The van der Waals surface area contributed by atoms with Gasteiger partial charge in [-0.3, -0.25) is 9.89 Å². The van der Waals surface area contributed by atoms with Crippen LogP contribution in [0.5, 0.6) is 0 Å². The lowest BCUT2D eigenvalue weighted by Crippen LogP contribution is -2.20. The molecule has 0 radical (unpaired) electrons. The highest BCUT2D eigenvalue weighted by Gasteiger charge is 2.36. The smallest absolute Gasteiger partial charge is 0.418 e. The summed E-state index contributed by atoms with van der Waals surface area (Å²) >= 11 is 0. The van der Waals surface area contributed by atoms with Gasteiger partial charge in [0, 0.05) is 6.07 Å². The summed E-state index contributed by atoms with van der Waals surface area (Å²) in [6, 6.07) is 1.60. The Labute approximate surface area is 114 Å². The van der Waals surface area contributed by atoms with Crippen molar-refractivity contribution in [2.75, 3.05) is 6.61 Å². The molecule has 2 rings (SSSR count). The number of aromatic nitrogens is 3. The second-order valence-electron chi connectivity index (χ2n) is 3.83. The van der Waals surface area contributed by atoms with Crippen LogP contribution in [0, 0.1) is 11.3 Å². The minimum Gasteiger partial charge on any atom is -0.460 e. The standard InChI is InChI=1S/C11H7F3N4O3/c1-2-21-10(20)8-16-9-5(4-15)6(11(12,13)14)3-7(19)18(9)17-8/h3H,2H2,1H3,(H,16,17). The molecule has 0 saturated carbocycles. The van der Waals surface area contributed by atoms with Gasteiger partial charge in [0.15, 0.2) is 5.65 Å². The molecule has 0 fully saturated rings. The Morgan fingerprint density at radius 1 is 1.57 bits per heavy atom.